The number of benzene rings is 1. The lowest BCUT2D eigenvalue weighted by Crippen LogP contribution is -2.35. The maximum Gasteiger partial charge on any atom is 0.314 e. The largest absolute Gasteiger partial charge is 0.481 e. The number of hydrogen-bond acceptors (Lipinski definition) is 2. The molecule has 1 atom stereocenters. The van der Waals surface area contributed by atoms with Crippen molar-refractivity contribution in [1.29, 1.82) is 0 Å². The van der Waals surface area contributed by atoms with Gasteiger partial charge in [-0.2, -0.15) is 0 Å². The Morgan fingerprint density at radius 2 is 1.82 bits per heavy atom. The molecule has 3 heteroatoms. The van der Waals surface area contributed by atoms with Crippen LogP contribution in [-0.4, -0.2) is 16.1 Å². The average Bonchev–Trinajstić information content (AvgIpc) is 2.55. The summed E-state index contributed by atoms with van der Waals surface area (Å²) in [6.45, 7) is 1.82. The summed E-state index contributed by atoms with van der Waals surface area (Å²) in [6.07, 6.45) is 8.51. The summed E-state index contributed by atoms with van der Waals surface area (Å²) in [5, 5.41) is 9.84. The minimum absolute atomic E-state index is 0.476. The van der Waals surface area contributed by atoms with Crippen molar-refractivity contribution in [2.24, 2.45) is 0 Å². The van der Waals surface area contributed by atoms with Crippen LogP contribution in [-0.2, 0) is 29.5 Å². The van der Waals surface area contributed by atoms with Crippen molar-refractivity contribution in [1.82, 2.24) is 4.98 Å². The van der Waals surface area contributed by atoms with Gasteiger partial charge in [0.2, 0.25) is 0 Å². The first-order chi connectivity index (χ1) is 10.6. The Hall–Kier alpha value is -2.16. The fourth-order valence-electron chi connectivity index (χ4n) is 3.29. The molecule has 0 fully saturated rings. The van der Waals surface area contributed by atoms with Crippen LogP contribution in [0, 0.1) is 0 Å². The highest BCUT2D eigenvalue weighted by molar-refractivity contribution is 5.81. The molecule has 3 rings (SSSR count). The van der Waals surface area contributed by atoms with Gasteiger partial charge in [-0.3, -0.25) is 9.78 Å². The van der Waals surface area contributed by atoms with E-state index in [2.05, 4.69) is 17.1 Å². The average molecular weight is 295 g/mol. The number of pyridine rings is 1. The number of aryl methyl sites for hydroxylation is 2. The van der Waals surface area contributed by atoms with E-state index in [9.17, 15) is 9.90 Å². The van der Waals surface area contributed by atoms with E-state index in [4.69, 9.17) is 0 Å². The SMILES string of the molecule is CC(Cc1ccncc1)(C(=O)O)c1ccc2c(c1)CCCC2. The molecule has 1 aliphatic carbocycles. The predicted octanol–water partition coefficient (Wildman–Crippen LogP) is 3.55. The lowest BCUT2D eigenvalue weighted by atomic mass is 9.75. The predicted molar refractivity (Wildman–Crippen MR) is 86.0 cm³/mol. The zero-order chi connectivity index (χ0) is 15.6. The maximum absolute atomic E-state index is 12.0. The molecule has 1 aromatic carbocycles. The summed E-state index contributed by atoms with van der Waals surface area (Å²) >= 11 is 0. The summed E-state index contributed by atoms with van der Waals surface area (Å²) in [7, 11) is 0. The van der Waals surface area contributed by atoms with E-state index in [1.54, 1.807) is 12.4 Å². The first kappa shape index (κ1) is 14.8. The molecule has 0 aliphatic heterocycles. The zero-order valence-corrected chi connectivity index (χ0v) is 12.9. The molecule has 0 bridgehead atoms. The van der Waals surface area contributed by atoms with Crippen LogP contribution in [0.4, 0.5) is 0 Å². The van der Waals surface area contributed by atoms with E-state index in [1.807, 2.05) is 25.1 Å². The standard InChI is InChI=1S/C19H21NO2/c1-19(18(21)22,13-14-8-10-20-11-9-14)17-7-6-15-4-2-3-5-16(15)12-17/h6-12H,2-5,13H2,1H3,(H,21,22). The van der Waals surface area contributed by atoms with Crippen LogP contribution < -0.4 is 0 Å². The minimum atomic E-state index is -0.909. The van der Waals surface area contributed by atoms with Gasteiger partial charge in [0.15, 0.2) is 0 Å². The minimum Gasteiger partial charge on any atom is -0.481 e. The van der Waals surface area contributed by atoms with E-state index >= 15 is 0 Å². The Balaban J connectivity index is 1.98. The lowest BCUT2D eigenvalue weighted by Gasteiger charge is -2.27. The normalized spacial score (nSPS) is 16.6. The molecule has 0 saturated heterocycles. The highest BCUT2D eigenvalue weighted by Gasteiger charge is 2.36. The van der Waals surface area contributed by atoms with Crippen LogP contribution >= 0.6 is 0 Å². The van der Waals surface area contributed by atoms with Gasteiger partial charge in [0, 0.05) is 12.4 Å². The molecule has 1 aromatic heterocycles. The lowest BCUT2D eigenvalue weighted by molar-refractivity contribution is -0.143. The fourth-order valence-corrected chi connectivity index (χ4v) is 3.29. The van der Waals surface area contributed by atoms with Gasteiger partial charge in [-0.25, -0.2) is 0 Å². The Labute approximate surface area is 131 Å². The van der Waals surface area contributed by atoms with Crippen LogP contribution in [0.3, 0.4) is 0 Å². The second-order valence-corrected chi connectivity index (χ2v) is 6.36. The molecule has 1 aliphatic rings. The van der Waals surface area contributed by atoms with Gasteiger partial charge in [-0.15, -0.1) is 0 Å². The van der Waals surface area contributed by atoms with Crippen LogP contribution in [0.5, 0.6) is 0 Å². The Morgan fingerprint density at radius 3 is 2.50 bits per heavy atom. The van der Waals surface area contributed by atoms with Gasteiger partial charge in [0.05, 0.1) is 5.41 Å². The molecule has 3 nitrogen and oxygen atoms in total. The van der Waals surface area contributed by atoms with Crippen molar-refractivity contribution in [3.05, 3.63) is 65.0 Å². The number of hydrogen-bond donors (Lipinski definition) is 1. The van der Waals surface area contributed by atoms with Gasteiger partial charge in [-0.05, 0) is 73.4 Å². The molecule has 2 aromatic rings. The van der Waals surface area contributed by atoms with E-state index in [0.29, 0.717) is 6.42 Å². The van der Waals surface area contributed by atoms with Crippen LogP contribution in [0.25, 0.3) is 0 Å². The number of carboxylic acid groups (broad SMARTS) is 1. The first-order valence-corrected chi connectivity index (χ1v) is 7.84. The van der Waals surface area contributed by atoms with Gasteiger partial charge < -0.3 is 5.11 Å². The van der Waals surface area contributed by atoms with E-state index in [-0.39, 0.29) is 0 Å². The fraction of sp³-hybridized carbons (Fsp3) is 0.368. The smallest absolute Gasteiger partial charge is 0.314 e. The van der Waals surface area contributed by atoms with Crippen LogP contribution in [0.15, 0.2) is 42.7 Å². The number of aliphatic carboxylic acids is 1. The van der Waals surface area contributed by atoms with E-state index < -0.39 is 11.4 Å². The molecule has 0 spiro atoms. The third-order valence-electron chi connectivity index (χ3n) is 4.76. The van der Waals surface area contributed by atoms with E-state index in [0.717, 1.165) is 24.0 Å². The Morgan fingerprint density at radius 1 is 1.14 bits per heavy atom. The summed E-state index contributed by atoms with van der Waals surface area (Å²) < 4.78 is 0. The number of fused-ring (bicyclic) bond motifs is 1. The molecular weight excluding hydrogens is 274 g/mol. The molecule has 1 N–H and O–H groups in total. The molecule has 22 heavy (non-hydrogen) atoms. The monoisotopic (exact) mass is 295 g/mol. The molecule has 1 heterocycles. The number of nitrogens with zero attached hydrogens (tertiary/aromatic N) is 1. The van der Waals surface area contributed by atoms with Crippen molar-refractivity contribution in [2.75, 3.05) is 0 Å². The zero-order valence-electron chi connectivity index (χ0n) is 12.9. The molecule has 0 radical (unpaired) electrons. The summed E-state index contributed by atoms with van der Waals surface area (Å²) in [4.78, 5) is 16.0. The second kappa shape index (κ2) is 5.91. The number of carbonyl (C=O) groups is 1. The van der Waals surface area contributed by atoms with Crippen molar-refractivity contribution in [3.8, 4) is 0 Å². The van der Waals surface area contributed by atoms with Crippen molar-refractivity contribution < 1.29 is 9.90 Å². The third-order valence-corrected chi connectivity index (χ3v) is 4.76. The summed E-state index contributed by atoms with van der Waals surface area (Å²) in [6, 6.07) is 10.0. The highest BCUT2D eigenvalue weighted by Crippen LogP contribution is 2.32. The number of carboxylic acids is 1. The number of aromatic nitrogens is 1. The van der Waals surface area contributed by atoms with Crippen LogP contribution in [0.1, 0.15) is 42.0 Å². The first-order valence-electron chi connectivity index (χ1n) is 7.84. The molecule has 0 saturated carbocycles. The number of rotatable bonds is 4. The molecule has 1 unspecified atom stereocenters. The van der Waals surface area contributed by atoms with Gasteiger partial charge in [0.1, 0.15) is 0 Å². The van der Waals surface area contributed by atoms with Gasteiger partial charge in [0.25, 0.3) is 0 Å². The van der Waals surface area contributed by atoms with Crippen molar-refractivity contribution in [2.45, 2.75) is 44.4 Å². The summed E-state index contributed by atoms with van der Waals surface area (Å²) in [5.74, 6) is -0.778. The third kappa shape index (κ3) is 2.76. The van der Waals surface area contributed by atoms with Crippen LogP contribution in [0.2, 0.25) is 0 Å². The highest BCUT2D eigenvalue weighted by atomic mass is 16.4. The van der Waals surface area contributed by atoms with Gasteiger partial charge >= 0.3 is 5.97 Å². The van der Waals surface area contributed by atoms with Crippen molar-refractivity contribution >= 4 is 5.97 Å². The quantitative estimate of drug-likeness (QED) is 0.938. The van der Waals surface area contributed by atoms with E-state index in [1.165, 1.54) is 24.0 Å². The molecule has 114 valence electrons. The molecular formula is C19H21NO2. The second-order valence-electron chi connectivity index (χ2n) is 6.36. The topological polar surface area (TPSA) is 50.2 Å². The Bertz CT molecular complexity index is 681. The summed E-state index contributed by atoms with van der Waals surface area (Å²) in [5.41, 5.74) is 3.70. The molecule has 0 amide bonds. The Kier molecular flexibility index (Phi) is 3.97. The van der Waals surface area contributed by atoms with Crippen molar-refractivity contribution in [3.63, 3.8) is 0 Å². The van der Waals surface area contributed by atoms with Gasteiger partial charge in [-0.1, -0.05) is 18.2 Å². The maximum atomic E-state index is 12.0.